The summed E-state index contributed by atoms with van der Waals surface area (Å²) < 4.78 is 10.9. The molecule has 2 aromatic rings. The number of aromatic hydroxyl groups is 1. The second kappa shape index (κ2) is 7.10. The number of methoxy groups -OCH3 is 2. The molecule has 2 aromatic carbocycles. The standard InChI is InChI=1S/C25H29NO3/c1-28-20-5-8-24(29-2)21(13-20)16-3-7-23(27)18(11-16)15-26-14-17-12-19-4-6-22(17)25(19)9-10-25/h3-8,11,13,17,19,22,26-27H,9-10,12,14-15H2,1-2H3. The number of allylic oxidation sites excluding steroid dienone is 2. The maximum atomic E-state index is 10.4. The first-order valence-electron chi connectivity index (χ1n) is 10.6. The van der Waals surface area contributed by atoms with Crippen LogP contribution in [-0.4, -0.2) is 25.9 Å². The lowest BCUT2D eigenvalue weighted by Crippen LogP contribution is -2.26. The van der Waals surface area contributed by atoms with Crippen molar-refractivity contribution < 1.29 is 14.6 Å². The van der Waals surface area contributed by atoms with Crippen molar-refractivity contribution in [3.8, 4) is 28.4 Å². The average molecular weight is 392 g/mol. The molecule has 3 atom stereocenters. The number of benzene rings is 2. The van der Waals surface area contributed by atoms with Gasteiger partial charge in [-0.3, -0.25) is 0 Å². The van der Waals surface area contributed by atoms with E-state index in [1.807, 2.05) is 30.3 Å². The monoisotopic (exact) mass is 391 g/mol. The zero-order valence-corrected chi connectivity index (χ0v) is 17.2. The highest BCUT2D eigenvalue weighted by Gasteiger charge is 2.62. The zero-order chi connectivity index (χ0) is 20.0. The Hall–Kier alpha value is -2.46. The first kappa shape index (κ1) is 18.6. The van der Waals surface area contributed by atoms with Crippen LogP contribution < -0.4 is 14.8 Å². The summed E-state index contributed by atoms with van der Waals surface area (Å²) in [6.45, 7) is 1.68. The van der Waals surface area contributed by atoms with Gasteiger partial charge in [-0.2, -0.15) is 0 Å². The minimum Gasteiger partial charge on any atom is -0.508 e. The minimum atomic E-state index is 0.328. The van der Waals surface area contributed by atoms with E-state index in [2.05, 4.69) is 17.5 Å². The Balaban J connectivity index is 1.30. The number of phenols is 1. The van der Waals surface area contributed by atoms with Crippen LogP contribution in [0.4, 0.5) is 0 Å². The van der Waals surface area contributed by atoms with Crippen LogP contribution in [0.3, 0.4) is 0 Å². The fourth-order valence-corrected chi connectivity index (χ4v) is 5.68. The molecule has 1 spiro atoms. The number of nitrogens with one attached hydrogen (secondary N) is 1. The predicted octanol–water partition coefficient (Wildman–Crippen LogP) is 4.77. The van der Waals surface area contributed by atoms with Gasteiger partial charge < -0.3 is 19.9 Å². The number of rotatable bonds is 7. The van der Waals surface area contributed by atoms with E-state index in [-0.39, 0.29) is 0 Å². The number of hydrogen-bond donors (Lipinski definition) is 2. The predicted molar refractivity (Wildman–Crippen MR) is 114 cm³/mol. The Morgan fingerprint density at radius 3 is 2.66 bits per heavy atom. The average Bonchev–Trinajstić information content (AvgIpc) is 3.42. The van der Waals surface area contributed by atoms with Gasteiger partial charge in [0.25, 0.3) is 0 Å². The van der Waals surface area contributed by atoms with Gasteiger partial charge in [-0.15, -0.1) is 0 Å². The van der Waals surface area contributed by atoms with Crippen LogP contribution in [0, 0.1) is 23.2 Å². The van der Waals surface area contributed by atoms with Gasteiger partial charge in [-0.25, -0.2) is 0 Å². The van der Waals surface area contributed by atoms with E-state index in [9.17, 15) is 5.11 Å². The SMILES string of the molecule is COc1ccc(OC)c(-c2ccc(O)c(CNCC3CC4C=CC3C43CC3)c2)c1. The minimum absolute atomic E-state index is 0.328. The molecule has 0 amide bonds. The summed E-state index contributed by atoms with van der Waals surface area (Å²) in [4.78, 5) is 0. The van der Waals surface area contributed by atoms with Crippen molar-refractivity contribution in [2.24, 2.45) is 23.2 Å². The van der Waals surface area contributed by atoms with E-state index >= 15 is 0 Å². The molecule has 0 aliphatic heterocycles. The highest BCUT2D eigenvalue weighted by Crippen LogP contribution is 2.69. The lowest BCUT2D eigenvalue weighted by atomic mass is 9.89. The summed E-state index contributed by atoms with van der Waals surface area (Å²) in [6, 6.07) is 11.5. The van der Waals surface area contributed by atoms with Crippen LogP contribution in [0.5, 0.6) is 17.2 Å². The molecule has 3 unspecified atom stereocenters. The molecule has 3 aliphatic carbocycles. The largest absolute Gasteiger partial charge is 0.508 e. The summed E-state index contributed by atoms with van der Waals surface area (Å²) in [7, 11) is 3.33. The third kappa shape index (κ3) is 3.10. The summed E-state index contributed by atoms with van der Waals surface area (Å²) >= 11 is 0. The molecule has 3 aliphatic rings. The Kier molecular flexibility index (Phi) is 4.54. The molecule has 4 heteroatoms. The van der Waals surface area contributed by atoms with Gasteiger partial charge in [0, 0.05) is 17.7 Å². The van der Waals surface area contributed by atoms with Crippen molar-refractivity contribution in [2.75, 3.05) is 20.8 Å². The van der Waals surface area contributed by atoms with E-state index in [4.69, 9.17) is 9.47 Å². The first-order chi connectivity index (χ1) is 14.1. The lowest BCUT2D eigenvalue weighted by molar-refractivity contribution is 0.349. The van der Waals surface area contributed by atoms with Crippen LogP contribution in [-0.2, 0) is 6.54 Å². The smallest absolute Gasteiger partial charge is 0.126 e. The fraction of sp³-hybridized carbons (Fsp3) is 0.440. The van der Waals surface area contributed by atoms with Crippen LogP contribution >= 0.6 is 0 Å². The van der Waals surface area contributed by atoms with Crippen molar-refractivity contribution in [1.29, 1.82) is 0 Å². The number of ether oxygens (including phenoxy) is 2. The maximum absolute atomic E-state index is 10.4. The van der Waals surface area contributed by atoms with Crippen LogP contribution in [0.1, 0.15) is 24.8 Å². The second-order valence-corrected chi connectivity index (χ2v) is 8.79. The molecule has 2 bridgehead atoms. The van der Waals surface area contributed by atoms with Crippen LogP contribution in [0.25, 0.3) is 11.1 Å². The Bertz CT molecular complexity index is 947. The molecule has 0 aromatic heterocycles. The summed E-state index contributed by atoms with van der Waals surface area (Å²) in [5.41, 5.74) is 3.52. The quantitative estimate of drug-likeness (QED) is 0.668. The van der Waals surface area contributed by atoms with Gasteiger partial charge in [0.1, 0.15) is 17.2 Å². The van der Waals surface area contributed by atoms with Crippen molar-refractivity contribution in [3.63, 3.8) is 0 Å². The summed E-state index contributed by atoms with van der Waals surface area (Å²) in [6.07, 6.45) is 9.08. The first-order valence-corrected chi connectivity index (χ1v) is 10.6. The lowest BCUT2D eigenvalue weighted by Gasteiger charge is -2.20. The Morgan fingerprint density at radius 1 is 1.07 bits per heavy atom. The highest BCUT2D eigenvalue weighted by molar-refractivity contribution is 5.73. The fourth-order valence-electron chi connectivity index (χ4n) is 5.68. The van der Waals surface area contributed by atoms with Gasteiger partial charge >= 0.3 is 0 Å². The van der Waals surface area contributed by atoms with E-state index in [0.29, 0.717) is 17.7 Å². The summed E-state index contributed by atoms with van der Waals surface area (Å²) in [5, 5.41) is 14.0. The molecule has 0 saturated heterocycles. The second-order valence-electron chi connectivity index (χ2n) is 8.79. The Morgan fingerprint density at radius 2 is 1.93 bits per heavy atom. The molecule has 4 nitrogen and oxygen atoms in total. The van der Waals surface area contributed by atoms with E-state index < -0.39 is 0 Å². The molecule has 29 heavy (non-hydrogen) atoms. The molecule has 5 rings (SSSR count). The van der Waals surface area contributed by atoms with Gasteiger partial charge in [0.2, 0.25) is 0 Å². The van der Waals surface area contributed by atoms with Gasteiger partial charge in [-0.05, 0) is 84.9 Å². The van der Waals surface area contributed by atoms with Gasteiger partial charge in [0.15, 0.2) is 0 Å². The van der Waals surface area contributed by atoms with Crippen LogP contribution in [0.2, 0.25) is 0 Å². The number of phenolic OH excluding ortho intramolecular Hbond substituents is 1. The molecular formula is C25H29NO3. The van der Waals surface area contributed by atoms with E-state index in [0.717, 1.165) is 52.5 Å². The normalized spacial score (nSPS) is 25.5. The Labute approximate surface area is 172 Å². The van der Waals surface area contributed by atoms with Gasteiger partial charge in [0.05, 0.1) is 14.2 Å². The molecule has 0 radical (unpaired) electrons. The van der Waals surface area contributed by atoms with Crippen molar-refractivity contribution >= 4 is 0 Å². The van der Waals surface area contributed by atoms with Crippen molar-refractivity contribution in [2.45, 2.75) is 25.8 Å². The molecule has 0 heterocycles. The van der Waals surface area contributed by atoms with Gasteiger partial charge in [-0.1, -0.05) is 18.2 Å². The van der Waals surface area contributed by atoms with Crippen molar-refractivity contribution in [1.82, 2.24) is 5.32 Å². The van der Waals surface area contributed by atoms with Crippen molar-refractivity contribution in [3.05, 3.63) is 54.1 Å². The third-order valence-electron chi connectivity index (χ3n) is 7.36. The van der Waals surface area contributed by atoms with E-state index in [1.165, 1.54) is 19.3 Å². The number of hydrogen-bond acceptors (Lipinski definition) is 4. The third-order valence-corrected chi connectivity index (χ3v) is 7.36. The van der Waals surface area contributed by atoms with Crippen LogP contribution in [0.15, 0.2) is 48.6 Å². The molecular weight excluding hydrogens is 362 g/mol. The molecule has 152 valence electrons. The molecule has 2 fully saturated rings. The molecule has 2 N–H and O–H groups in total. The topological polar surface area (TPSA) is 50.7 Å². The maximum Gasteiger partial charge on any atom is 0.126 e. The molecule has 2 saturated carbocycles. The zero-order valence-electron chi connectivity index (χ0n) is 17.2. The van der Waals surface area contributed by atoms with E-state index in [1.54, 1.807) is 20.3 Å². The highest BCUT2D eigenvalue weighted by atomic mass is 16.5. The summed E-state index contributed by atoms with van der Waals surface area (Å²) in [5.74, 6) is 4.22.